The van der Waals surface area contributed by atoms with Gasteiger partial charge in [0, 0.05) is 31.0 Å². The molecule has 2 aromatic rings. The van der Waals surface area contributed by atoms with Crippen LogP contribution >= 0.6 is 0 Å². The van der Waals surface area contributed by atoms with E-state index in [-0.39, 0.29) is 0 Å². The Hall–Kier alpha value is -3.15. The molecule has 2 aromatic carbocycles. The molecule has 0 radical (unpaired) electrons. The summed E-state index contributed by atoms with van der Waals surface area (Å²) in [4.78, 5) is 11.1. The molecule has 3 rings (SSSR count). The second-order valence-electron chi connectivity index (χ2n) is 5.79. The molecule has 1 amide bonds. The van der Waals surface area contributed by atoms with Crippen LogP contribution in [0.2, 0.25) is 0 Å². The molecule has 6 nitrogen and oxygen atoms in total. The van der Waals surface area contributed by atoms with E-state index < -0.39 is 5.91 Å². The lowest BCUT2D eigenvalue weighted by molar-refractivity contribution is 0.100. The SMILES string of the molecule is CNc1ccc(C2=NN=C(Cc3ccc(C(N)=O)cc3)C2)cc1OC. The highest BCUT2D eigenvalue weighted by Gasteiger charge is 2.16. The van der Waals surface area contributed by atoms with Gasteiger partial charge in [-0.3, -0.25) is 4.79 Å². The Balaban J connectivity index is 1.67. The van der Waals surface area contributed by atoms with Gasteiger partial charge in [-0.15, -0.1) is 0 Å². The highest BCUT2D eigenvalue weighted by molar-refractivity contribution is 6.15. The maximum Gasteiger partial charge on any atom is 0.248 e. The Labute approximate surface area is 146 Å². The molecule has 128 valence electrons. The van der Waals surface area contributed by atoms with Crippen molar-refractivity contribution in [2.45, 2.75) is 12.8 Å². The van der Waals surface area contributed by atoms with Gasteiger partial charge in [0.15, 0.2) is 0 Å². The maximum atomic E-state index is 11.1. The summed E-state index contributed by atoms with van der Waals surface area (Å²) in [6, 6.07) is 13.2. The largest absolute Gasteiger partial charge is 0.495 e. The molecule has 1 heterocycles. The average molecular weight is 336 g/mol. The molecule has 0 aliphatic carbocycles. The van der Waals surface area contributed by atoms with Gasteiger partial charge in [-0.2, -0.15) is 10.2 Å². The Morgan fingerprint density at radius 2 is 1.96 bits per heavy atom. The van der Waals surface area contributed by atoms with E-state index in [1.165, 1.54) is 0 Å². The molecule has 6 heteroatoms. The fourth-order valence-corrected chi connectivity index (χ4v) is 2.75. The number of carbonyl (C=O) groups excluding carboxylic acids is 1. The minimum absolute atomic E-state index is 0.422. The summed E-state index contributed by atoms with van der Waals surface area (Å²) in [6.45, 7) is 0. The molecule has 0 saturated heterocycles. The third-order valence-electron chi connectivity index (χ3n) is 4.13. The van der Waals surface area contributed by atoms with Gasteiger partial charge in [-0.1, -0.05) is 18.2 Å². The molecule has 1 aliphatic rings. The highest BCUT2D eigenvalue weighted by Crippen LogP contribution is 2.27. The fourth-order valence-electron chi connectivity index (χ4n) is 2.75. The van der Waals surface area contributed by atoms with Crippen LogP contribution in [0.25, 0.3) is 0 Å². The molecule has 0 aromatic heterocycles. The highest BCUT2D eigenvalue weighted by atomic mass is 16.5. The molecule has 0 spiro atoms. The Morgan fingerprint density at radius 3 is 2.60 bits per heavy atom. The average Bonchev–Trinajstić information content (AvgIpc) is 3.10. The van der Waals surface area contributed by atoms with Gasteiger partial charge in [0.25, 0.3) is 0 Å². The second kappa shape index (κ2) is 7.17. The lowest BCUT2D eigenvalue weighted by Crippen LogP contribution is -2.11. The number of benzene rings is 2. The van der Waals surface area contributed by atoms with Crippen molar-refractivity contribution in [3.8, 4) is 5.75 Å². The van der Waals surface area contributed by atoms with Crippen molar-refractivity contribution in [3.63, 3.8) is 0 Å². The van der Waals surface area contributed by atoms with Gasteiger partial charge in [-0.05, 0) is 29.8 Å². The van der Waals surface area contributed by atoms with Crippen LogP contribution in [0.15, 0.2) is 52.7 Å². The van der Waals surface area contributed by atoms with Crippen molar-refractivity contribution < 1.29 is 9.53 Å². The van der Waals surface area contributed by atoms with Gasteiger partial charge >= 0.3 is 0 Å². The summed E-state index contributed by atoms with van der Waals surface area (Å²) in [5, 5.41) is 11.7. The first-order valence-corrected chi connectivity index (χ1v) is 7.98. The molecule has 0 atom stereocenters. The number of nitrogens with one attached hydrogen (secondary N) is 1. The lowest BCUT2D eigenvalue weighted by Gasteiger charge is -2.10. The summed E-state index contributed by atoms with van der Waals surface area (Å²) < 4.78 is 5.40. The zero-order valence-electron chi connectivity index (χ0n) is 14.2. The lowest BCUT2D eigenvalue weighted by atomic mass is 10.00. The number of carbonyl (C=O) groups is 1. The third kappa shape index (κ3) is 3.68. The number of nitrogens with zero attached hydrogens (tertiary/aromatic N) is 2. The minimum Gasteiger partial charge on any atom is -0.495 e. The molecule has 3 N–H and O–H groups in total. The van der Waals surface area contributed by atoms with Crippen molar-refractivity contribution in [2.24, 2.45) is 15.9 Å². The van der Waals surface area contributed by atoms with Crippen molar-refractivity contribution in [2.75, 3.05) is 19.5 Å². The maximum absolute atomic E-state index is 11.1. The number of primary amides is 1. The zero-order chi connectivity index (χ0) is 17.8. The molecule has 25 heavy (non-hydrogen) atoms. The van der Waals surface area contributed by atoms with E-state index in [0.717, 1.165) is 34.0 Å². The van der Waals surface area contributed by atoms with Crippen molar-refractivity contribution in [1.82, 2.24) is 0 Å². The van der Waals surface area contributed by atoms with E-state index in [2.05, 4.69) is 15.5 Å². The first kappa shape index (κ1) is 16.7. The molecule has 0 unspecified atom stereocenters. The topological polar surface area (TPSA) is 89.1 Å². The van der Waals surface area contributed by atoms with Gasteiger partial charge in [0.1, 0.15) is 5.75 Å². The predicted octanol–water partition coefficient (Wildman–Crippen LogP) is 2.63. The van der Waals surface area contributed by atoms with E-state index in [1.807, 2.05) is 37.4 Å². The van der Waals surface area contributed by atoms with E-state index >= 15 is 0 Å². The summed E-state index contributed by atoms with van der Waals surface area (Å²) >= 11 is 0. The summed E-state index contributed by atoms with van der Waals surface area (Å²) in [5.74, 6) is 0.354. The summed E-state index contributed by atoms with van der Waals surface area (Å²) in [6.07, 6.45) is 1.39. The smallest absolute Gasteiger partial charge is 0.248 e. The van der Waals surface area contributed by atoms with Crippen LogP contribution in [-0.4, -0.2) is 31.5 Å². The Bertz CT molecular complexity index is 854. The number of anilines is 1. The molecular formula is C19H20N4O2. The van der Waals surface area contributed by atoms with E-state index in [9.17, 15) is 4.79 Å². The standard InChI is InChI=1S/C19H20N4O2/c1-21-16-8-7-14(10-18(16)25-2)17-11-15(22-23-17)9-12-3-5-13(6-4-12)19(20)24/h3-8,10,21H,9,11H2,1-2H3,(H2,20,24). The van der Waals surface area contributed by atoms with Gasteiger partial charge < -0.3 is 15.8 Å². The van der Waals surface area contributed by atoms with Crippen LogP contribution in [0.1, 0.15) is 27.9 Å². The van der Waals surface area contributed by atoms with E-state index in [1.54, 1.807) is 19.2 Å². The van der Waals surface area contributed by atoms with Crippen LogP contribution in [0.4, 0.5) is 5.69 Å². The molecule has 0 fully saturated rings. The van der Waals surface area contributed by atoms with Crippen molar-refractivity contribution in [1.29, 1.82) is 0 Å². The number of methoxy groups -OCH3 is 1. The zero-order valence-corrected chi connectivity index (χ0v) is 14.2. The Kier molecular flexibility index (Phi) is 4.79. The van der Waals surface area contributed by atoms with E-state index in [4.69, 9.17) is 10.5 Å². The normalized spacial score (nSPS) is 13.2. The summed E-state index contributed by atoms with van der Waals surface area (Å²) in [5.41, 5.74) is 10.7. The Morgan fingerprint density at radius 1 is 1.20 bits per heavy atom. The van der Waals surface area contributed by atoms with Gasteiger partial charge in [0.05, 0.1) is 24.2 Å². The molecule has 0 saturated carbocycles. The first-order valence-electron chi connectivity index (χ1n) is 7.98. The molecule has 0 bridgehead atoms. The van der Waals surface area contributed by atoms with Gasteiger partial charge in [-0.25, -0.2) is 0 Å². The number of amides is 1. The van der Waals surface area contributed by atoms with Crippen LogP contribution in [0.5, 0.6) is 5.75 Å². The number of hydrogen-bond donors (Lipinski definition) is 2. The minimum atomic E-state index is -0.422. The third-order valence-corrected chi connectivity index (χ3v) is 4.13. The second-order valence-corrected chi connectivity index (χ2v) is 5.79. The fraction of sp³-hybridized carbons (Fsp3) is 0.211. The predicted molar refractivity (Wildman–Crippen MR) is 99.8 cm³/mol. The number of rotatable bonds is 6. The van der Waals surface area contributed by atoms with Crippen LogP contribution in [0, 0.1) is 0 Å². The van der Waals surface area contributed by atoms with Crippen molar-refractivity contribution >= 4 is 23.0 Å². The first-order chi connectivity index (χ1) is 12.1. The molecular weight excluding hydrogens is 316 g/mol. The van der Waals surface area contributed by atoms with Crippen LogP contribution < -0.4 is 15.8 Å². The quantitative estimate of drug-likeness (QED) is 0.850. The van der Waals surface area contributed by atoms with Crippen LogP contribution in [-0.2, 0) is 6.42 Å². The number of nitrogens with two attached hydrogens (primary N) is 1. The monoisotopic (exact) mass is 336 g/mol. The van der Waals surface area contributed by atoms with Gasteiger partial charge in [0.2, 0.25) is 5.91 Å². The summed E-state index contributed by atoms with van der Waals surface area (Å²) in [7, 11) is 3.50. The number of ether oxygens (including phenoxy) is 1. The number of hydrogen-bond acceptors (Lipinski definition) is 5. The molecule has 1 aliphatic heterocycles. The van der Waals surface area contributed by atoms with Crippen LogP contribution in [0.3, 0.4) is 0 Å². The van der Waals surface area contributed by atoms with Crippen molar-refractivity contribution in [3.05, 3.63) is 59.2 Å². The van der Waals surface area contributed by atoms with E-state index in [0.29, 0.717) is 18.4 Å².